The van der Waals surface area contributed by atoms with Crippen LogP contribution in [0.15, 0.2) is 29.3 Å². The van der Waals surface area contributed by atoms with Crippen LogP contribution in [0.2, 0.25) is 0 Å². The maximum absolute atomic E-state index is 4.24. The topological polar surface area (TPSA) is 39.7 Å². The molecule has 0 radical (unpaired) electrons. The molecule has 1 aromatic carbocycles. The van der Waals surface area contributed by atoms with Crippen LogP contribution in [0.25, 0.3) is 0 Å². The first-order valence-corrected chi connectivity index (χ1v) is 8.33. The van der Waals surface area contributed by atoms with Gasteiger partial charge >= 0.3 is 0 Å². The van der Waals surface area contributed by atoms with Gasteiger partial charge in [-0.1, -0.05) is 52.0 Å². The molecule has 0 atom stereocenters. The predicted molar refractivity (Wildman–Crippen MR) is 112 cm³/mol. The lowest BCUT2D eigenvalue weighted by Gasteiger charge is -2.18. The van der Waals surface area contributed by atoms with Crippen molar-refractivity contribution in [3.05, 3.63) is 35.4 Å². The van der Waals surface area contributed by atoms with E-state index in [0.717, 1.165) is 38.7 Å². The van der Waals surface area contributed by atoms with E-state index in [1.165, 1.54) is 11.1 Å². The molecule has 0 aliphatic rings. The fourth-order valence-corrected chi connectivity index (χ4v) is 2.18. The average molecular weight is 432 g/mol. The lowest BCUT2D eigenvalue weighted by atomic mass is 10.1. The number of aliphatic imine (C=N–C) groups is 1. The van der Waals surface area contributed by atoms with Crippen molar-refractivity contribution in [2.24, 2.45) is 10.9 Å². The van der Waals surface area contributed by atoms with Crippen LogP contribution < -0.4 is 10.6 Å². The van der Waals surface area contributed by atoms with Crippen molar-refractivity contribution in [2.45, 2.75) is 40.8 Å². The number of benzene rings is 1. The number of rotatable bonds is 8. The number of nitrogens with zero attached hydrogens (tertiary/aromatic N) is 2. The summed E-state index contributed by atoms with van der Waals surface area (Å²) in [6, 6.07) is 8.84. The first-order valence-electron chi connectivity index (χ1n) is 8.33. The number of halogens is 1. The van der Waals surface area contributed by atoms with Gasteiger partial charge < -0.3 is 10.6 Å². The molecule has 1 aromatic rings. The zero-order valence-electron chi connectivity index (χ0n) is 15.2. The van der Waals surface area contributed by atoms with Gasteiger partial charge in [0.25, 0.3) is 0 Å². The molecule has 0 heterocycles. The molecule has 0 aliphatic carbocycles. The maximum Gasteiger partial charge on any atom is 0.191 e. The summed E-state index contributed by atoms with van der Waals surface area (Å²) in [6.45, 7) is 13.7. The zero-order valence-corrected chi connectivity index (χ0v) is 17.6. The Hall–Kier alpha value is -0.820. The quantitative estimate of drug-likeness (QED) is 0.376. The van der Waals surface area contributed by atoms with Crippen LogP contribution in [-0.4, -0.2) is 37.5 Å². The van der Waals surface area contributed by atoms with Gasteiger partial charge in [-0.3, -0.25) is 9.89 Å². The summed E-state index contributed by atoms with van der Waals surface area (Å²) in [5.41, 5.74) is 2.64. The highest BCUT2D eigenvalue weighted by Crippen LogP contribution is 2.07. The molecule has 0 saturated carbocycles. The molecule has 0 spiro atoms. The van der Waals surface area contributed by atoms with Gasteiger partial charge in [0.2, 0.25) is 0 Å². The molecule has 0 bridgehead atoms. The molecule has 0 aromatic heterocycles. The smallest absolute Gasteiger partial charge is 0.191 e. The zero-order chi connectivity index (χ0) is 16.4. The molecular formula is C18H33IN4. The van der Waals surface area contributed by atoms with Crippen molar-refractivity contribution in [1.29, 1.82) is 0 Å². The van der Waals surface area contributed by atoms with Gasteiger partial charge in [0.1, 0.15) is 0 Å². The van der Waals surface area contributed by atoms with Crippen molar-refractivity contribution >= 4 is 29.9 Å². The summed E-state index contributed by atoms with van der Waals surface area (Å²) >= 11 is 0. The Bertz CT molecular complexity index is 439. The highest BCUT2D eigenvalue weighted by molar-refractivity contribution is 14.0. The molecule has 0 unspecified atom stereocenters. The minimum Gasteiger partial charge on any atom is -0.356 e. The van der Waals surface area contributed by atoms with Crippen LogP contribution in [0.5, 0.6) is 0 Å². The van der Waals surface area contributed by atoms with E-state index in [9.17, 15) is 0 Å². The Morgan fingerprint density at radius 3 is 2.09 bits per heavy atom. The summed E-state index contributed by atoms with van der Waals surface area (Å²) in [5.74, 6) is 1.47. The van der Waals surface area contributed by atoms with Gasteiger partial charge in [0.05, 0.1) is 0 Å². The third kappa shape index (κ3) is 9.15. The monoisotopic (exact) mass is 432 g/mol. The molecule has 0 aliphatic heterocycles. The van der Waals surface area contributed by atoms with Crippen LogP contribution in [0, 0.1) is 5.92 Å². The molecule has 4 nitrogen and oxygen atoms in total. The second-order valence-electron chi connectivity index (χ2n) is 5.98. The molecule has 23 heavy (non-hydrogen) atoms. The van der Waals surface area contributed by atoms with E-state index < -0.39 is 0 Å². The largest absolute Gasteiger partial charge is 0.356 e. The van der Waals surface area contributed by atoms with Gasteiger partial charge in [0, 0.05) is 26.7 Å². The maximum atomic E-state index is 4.24. The van der Waals surface area contributed by atoms with Crippen molar-refractivity contribution in [3.63, 3.8) is 0 Å². The van der Waals surface area contributed by atoms with E-state index in [0.29, 0.717) is 5.92 Å². The third-order valence-corrected chi connectivity index (χ3v) is 3.68. The van der Waals surface area contributed by atoms with Crippen molar-refractivity contribution in [3.8, 4) is 0 Å². The van der Waals surface area contributed by atoms with E-state index in [2.05, 4.69) is 72.5 Å². The van der Waals surface area contributed by atoms with E-state index in [1.54, 1.807) is 0 Å². The van der Waals surface area contributed by atoms with E-state index in [1.807, 2.05) is 7.05 Å². The predicted octanol–water partition coefficient (Wildman–Crippen LogP) is 3.47. The first kappa shape index (κ1) is 22.2. The lowest BCUT2D eigenvalue weighted by molar-refractivity contribution is 0.296. The van der Waals surface area contributed by atoms with E-state index in [4.69, 9.17) is 0 Å². The van der Waals surface area contributed by atoms with Crippen molar-refractivity contribution in [2.75, 3.05) is 26.7 Å². The van der Waals surface area contributed by atoms with Gasteiger partial charge in [-0.25, -0.2) is 0 Å². The van der Waals surface area contributed by atoms with Gasteiger partial charge in [-0.05, 0) is 30.1 Å². The third-order valence-electron chi connectivity index (χ3n) is 3.68. The number of guanidine groups is 1. The molecule has 1 rings (SSSR count). The molecule has 2 N–H and O–H groups in total. The van der Waals surface area contributed by atoms with Crippen LogP contribution in [0.3, 0.4) is 0 Å². The molecular weight excluding hydrogens is 399 g/mol. The molecule has 132 valence electrons. The fourth-order valence-electron chi connectivity index (χ4n) is 2.18. The summed E-state index contributed by atoms with van der Waals surface area (Å²) in [7, 11) is 1.81. The Balaban J connectivity index is 0.00000484. The highest BCUT2D eigenvalue weighted by Gasteiger charge is 2.02. The fraction of sp³-hybridized carbons (Fsp3) is 0.611. The summed E-state index contributed by atoms with van der Waals surface area (Å²) in [6.07, 6.45) is 0. The normalized spacial score (nSPS) is 11.5. The van der Waals surface area contributed by atoms with Crippen LogP contribution in [0.1, 0.15) is 38.8 Å². The minimum atomic E-state index is 0. The first-order chi connectivity index (χ1) is 10.6. The van der Waals surface area contributed by atoms with Crippen molar-refractivity contribution < 1.29 is 0 Å². The number of nitrogens with one attached hydrogen (secondary N) is 2. The van der Waals surface area contributed by atoms with Crippen LogP contribution in [-0.2, 0) is 13.1 Å². The Kier molecular flexibility index (Phi) is 12.1. The van der Waals surface area contributed by atoms with Crippen LogP contribution in [0.4, 0.5) is 0 Å². The Labute approximate surface area is 159 Å². The standard InChI is InChI=1S/C18H32N4.HI/c1-6-22(7-2)14-17-10-8-16(9-11-17)13-21-18(19-5)20-12-15(3)4;/h8-11,15H,6-7,12-14H2,1-5H3,(H2,19,20,21);1H. The minimum absolute atomic E-state index is 0. The summed E-state index contributed by atoms with van der Waals surface area (Å²) in [4.78, 5) is 6.66. The van der Waals surface area contributed by atoms with Gasteiger partial charge in [-0.2, -0.15) is 0 Å². The lowest BCUT2D eigenvalue weighted by Crippen LogP contribution is -2.38. The van der Waals surface area contributed by atoms with E-state index in [-0.39, 0.29) is 24.0 Å². The van der Waals surface area contributed by atoms with Gasteiger partial charge in [0.15, 0.2) is 5.96 Å². The van der Waals surface area contributed by atoms with Crippen LogP contribution >= 0.6 is 24.0 Å². The SMILES string of the molecule is CCN(CC)Cc1ccc(CNC(=NC)NCC(C)C)cc1.I. The number of hydrogen-bond acceptors (Lipinski definition) is 2. The van der Waals surface area contributed by atoms with E-state index >= 15 is 0 Å². The Morgan fingerprint density at radius 2 is 1.61 bits per heavy atom. The second kappa shape index (κ2) is 12.6. The van der Waals surface area contributed by atoms with Gasteiger partial charge in [-0.15, -0.1) is 24.0 Å². The molecule has 0 saturated heterocycles. The second-order valence-corrected chi connectivity index (χ2v) is 5.98. The highest BCUT2D eigenvalue weighted by atomic mass is 127. The summed E-state index contributed by atoms with van der Waals surface area (Å²) < 4.78 is 0. The molecule has 5 heteroatoms. The number of hydrogen-bond donors (Lipinski definition) is 2. The molecule has 0 fully saturated rings. The average Bonchev–Trinajstić information content (AvgIpc) is 2.53. The Morgan fingerprint density at radius 1 is 1.04 bits per heavy atom. The molecule has 0 amide bonds. The van der Waals surface area contributed by atoms with Crippen molar-refractivity contribution in [1.82, 2.24) is 15.5 Å². The summed E-state index contributed by atoms with van der Waals surface area (Å²) in [5, 5.41) is 6.68.